The molecule has 0 aromatic carbocycles. The Hall–Kier alpha value is -3.17. The molecule has 1 fully saturated rings. The van der Waals surface area contributed by atoms with E-state index in [9.17, 15) is 18.0 Å². The molecule has 0 bridgehead atoms. The van der Waals surface area contributed by atoms with Gasteiger partial charge in [-0.25, -0.2) is 4.98 Å². The van der Waals surface area contributed by atoms with Gasteiger partial charge in [0.1, 0.15) is 23.5 Å². The van der Waals surface area contributed by atoms with E-state index in [0.717, 1.165) is 5.56 Å². The van der Waals surface area contributed by atoms with Crippen LogP contribution in [0, 0.1) is 6.92 Å². The van der Waals surface area contributed by atoms with Gasteiger partial charge < -0.3 is 26.3 Å². The van der Waals surface area contributed by atoms with Gasteiger partial charge in [-0.1, -0.05) is 0 Å². The van der Waals surface area contributed by atoms with Crippen molar-refractivity contribution < 1.29 is 13.2 Å². The van der Waals surface area contributed by atoms with Gasteiger partial charge in [0.15, 0.2) is 0 Å². The molecule has 1 saturated heterocycles. The number of anilines is 2. The first-order chi connectivity index (χ1) is 14.2. The van der Waals surface area contributed by atoms with Crippen molar-refractivity contribution >= 4 is 11.6 Å². The van der Waals surface area contributed by atoms with E-state index in [1.807, 2.05) is 6.92 Å². The first kappa shape index (κ1) is 21.5. The topological polar surface area (TPSA) is 99.1 Å². The van der Waals surface area contributed by atoms with Gasteiger partial charge in [-0.3, -0.25) is 4.79 Å². The van der Waals surface area contributed by atoms with Gasteiger partial charge in [-0.15, -0.1) is 0 Å². The van der Waals surface area contributed by atoms with Crippen molar-refractivity contribution in [1.29, 1.82) is 0 Å². The highest BCUT2D eigenvalue weighted by Gasteiger charge is 2.45. The third-order valence-electron chi connectivity index (χ3n) is 5.01. The Balaban J connectivity index is 2.01. The van der Waals surface area contributed by atoms with Crippen LogP contribution in [0.5, 0.6) is 0 Å². The second-order valence-electron chi connectivity index (χ2n) is 7.26. The Morgan fingerprint density at radius 2 is 2.10 bits per heavy atom. The summed E-state index contributed by atoms with van der Waals surface area (Å²) in [6.45, 7) is 2.05. The third kappa shape index (κ3) is 4.87. The largest absolute Gasteiger partial charge is 0.408 e. The summed E-state index contributed by atoms with van der Waals surface area (Å²) in [7, 11) is 1.70. The zero-order valence-corrected chi connectivity index (χ0v) is 16.8. The Bertz CT molecular complexity index is 985. The van der Waals surface area contributed by atoms with Crippen LogP contribution in [0.15, 0.2) is 41.2 Å². The highest BCUT2D eigenvalue weighted by molar-refractivity contribution is 5.72. The first-order valence-corrected chi connectivity index (χ1v) is 9.63. The minimum Gasteiger partial charge on any atom is -0.391 e. The summed E-state index contributed by atoms with van der Waals surface area (Å²) in [5.41, 5.74) is 7.33. The molecule has 1 aliphatic heterocycles. The van der Waals surface area contributed by atoms with Gasteiger partial charge in [0.05, 0.1) is 0 Å². The average Bonchev–Trinajstić information content (AvgIpc) is 2.68. The highest BCUT2D eigenvalue weighted by atomic mass is 19.4. The number of pyridine rings is 2. The molecule has 1 unspecified atom stereocenters. The van der Waals surface area contributed by atoms with Crippen molar-refractivity contribution in [2.24, 2.45) is 5.73 Å². The van der Waals surface area contributed by atoms with Crippen LogP contribution in [0.1, 0.15) is 24.8 Å². The summed E-state index contributed by atoms with van der Waals surface area (Å²) in [5.74, 6) is 0.958. The second-order valence-corrected chi connectivity index (χ2v) is 7.26. The highest BCUT2D eigenvalue weighted by Crippen LogP contribution is 2.35. The average molecular weight is 422 g/mol. The van der Waals surface area contributed by atoms with Gasteiger partial charge in [-0.2, -0.15) is 13.2 Å². The van der Waals surface area contributed by atoms with Crippen molar-refractivity contribution in [2.45, 2.75) is 38.4 Å². The molecule has 1 aliphatic rings. The second kappa shape index (κ2) is 8.68. The molecule has 2 aromatic heterocycles. The Morgan fingerprint density at radius 3 is 2.80 bits per heavy atom. The van der Waals surface area contributed by atoms with E-state index >= 15 is 0 Å². The molecule has 3 heterocycles. The number of hydrogen-bond acceptors (Lipinski definition) is 6. The van der Waals surface area contributed by atoms with Crippen LogP contribution < -0.4 is 26.8 Å². The van der Waals surface area contributed by atoms with Crippen molar-refractivity contribution in [3.63, 3.8) is 0 Å². The quantitative estimate of drug-likeness (QED) is 0.591. The lowest BCUT2D eigenvalue weighted by Gasteiger charge is -2.38. The van der Waals surface area contributed by atoms with Gasteiger partial charge >= 0.3 is 6.18 Å². The summed E-state index contributed by atoms with van der Waals surface area (Å²) in [6, 6.07) is 3.06. The minimum absolute atomic E-state index is 0.00911. The molecule has 7 nitrogen and oxygen atoms in total. The molecule has 0 saturated carbocycles. The standard InChI is InChI=1S/C20H25F3N6O/c1-12-10-26-17(27-16(24)11-25-2)9-14(12)13-7-18(28-19(30)8-13)29-6-4-3-5-15(29)20(21,22)23/h7-11,15,25H,3-6,24H2,1-2H3,(H,26,27)(H,28,30)/b16-11+. The van der Waals surface area contributed by atoms with Crippen LogP contribution in [0.25, 0.3) is 11.1 Å². The van der Waals surface area contributed by atoms with Crippen LogP contribution in [0.2, 0.25) is 0 Å². The van der Waals surface area contributed by atoms with Gasteiger partial charge in [-0.05, 0) is 55.0 Å². The van der Waals surface area contributed by atoms with E-state index in [1.165, 1.54) is 11.0 Å². The lowest BCUT2D eigenvalue weighted by molar-refractivity contribution is -0.152. The molecule has 1 atom stereocenters. The van der Waals surface area contributed by atoms with Crippen LogP contribution in [0.3, 0.4) is 0 Å². The SMILES string of the molecule is CN/C=C(\N)Nc1cc(-c2cc(N3CCCCC3C(F)(F)F)[nH]c(=O)c2)c(C)cn1. The molecule has 3 rings (SSSR count). The fraction of sp³-hybridized carbons (Fsp3) is 0.400. The van der Waals surface area contributed by atoms with Crippen LogP contribution in [-0.2, 0) is 0 Å². The number of aromatic amines is 1. The maximum absolute atomic E-state index is 13.5. The number of rotatable bonds is 5. The Labute approximate surface area is 172 Å². The summed E-state index contributed by atoms with van der Waals surface area (Å²) in [4.78, 5) is 20.4. The molecule has 162 valence electrons. The number of H-pyrrole nitrogens is 1. The van der Waals surface area contributed by atoms with Crippen LogP contribution in [-0.4, -0.2) is 35.8 Å². The molecule has 2 aromatic rings. The molecule has 0 amide bonds. The smallest absolute Gasteiger partial charge is 0.391 e. The Morgan fingerprint density at radius 1 is 1.33 bits per heavy atom. The van der Waals surface area contributed by atoms with E-state index in [1.54, 1.807) is 31.6 Å². The molecule has 30 heavy (non-hydrogen) atoms. The van der Waals surface area contributed by atoms with Crippen LogP contribution in [0.4, 0.5) is 24.8 Å². The maximum atomic E-state index is 13.5. The minimum atomic E-state index is -4.37. The van der Waals surface area contributed by atoms with E-state index in [-0.39, 0.29) is 18.8 Å². The van der Waals surface area contributed by atoms with Gasteiger partial charge in [0, 0.05) is 32.1 Å². The van der Waals surface area contributed by atoms with Crippen LogP contribution >= 0.6 is 0 Å². The number of nitrogens with one attached hydrogen (secondary N) is 3. The fourth-order valence-corrected chi connectivity index (χ4v) is 3.64. The van der Waals surface area contributed by atoms with Crippen molar-refractivity contribution in [2.75, 3.05) is 23.8 Å². The number of nitrogens with zero attached hydrogens (tertiary/aromatic N) is 2. The lowest BCUT2D eigenvalue weighted by atomic mass is 10.00. The molecule has 0 spiro atoms. The monoisotopic (exact) mass is 422 g/mol. The van der Waals surface area contributed by atoms with Gasteiger partial charge in [0.25, 0.3) is 0 Å². The van der Waals surface area contributed by atoms with E-state index in [0.29, 0.717) is 35.6 Å². The number of piperidine rings is 1. The number of aryl methyl sites for hydroxylation is 1. The summed E-state index contributed by atoms with van der Waals surface area (Å²) < 4.78 is 40.6. The predicted octanol–water partition coefficient (Wildman–Crippen LogP) is 3.06. The Kier molecular flexibility index (Phi) is 6.23. The van der Waals surface area contributed by atoms with Gasteiger partial charge in [0.2, 0.25) is 5.56 Å². The number of alkyl halides is 3. The normalized spacial score (nSPS) is 17.7. The summed E-state index contributed by atoms with van der Waals surface area (Å²) in [5, 5.41) is 5.71. The number of aromatic nitrogens is 2. The fourth-order valence-electron chi connectivity index (χ4n) is 3.64. The summed E-state index contributed by atoms with van der Waals surface area (Å²) >= 11 is 0. The van der Waals surface area contributed by atoms with Crippen molar-refractivity contribution in [1.82, 2.24) is 15.3 Å². The maximum Gasteiger partial charge on any atom is 0.408 e. The molecular formula is C20H25F3N6O. The third-order valence-corrected chi connectivity index (χ3v) is 5.01. The molecule has 0 radical (unpaired) electrons. The van der Waals surface area contributed by atoms with Crippen molar-refractivity contribution in [3.05, 3.63) is 52.3 Å². The van der Waals surface area contributed by atoms with Crippen molar-refractivity contribution in [3.8, 4) is 11.1 Å². The molecule has 5 N–H and O–H groups in total. The zero-order chi connectivity index (χ0) is 21.9. The molecular weight excluding hydrogens is 397 g/mol. The van der Waals surface area contributed by atoms with E-state index < -0.39 is 17.8 Å². The molecule has 0 aliphatic carbocycles. The number of halogens is 3. The lowest BCUT2D eigenvalue weighted by Crippen LogP contribution is -2.49. The number of hydrogen-bond donors (Lipinski definition) is 4. The van der Waals surface area contributed by atoms with E-state index in [4.69, 9.17) is 5.73 Å². The van der Waals surface area contributed by atoms with E-state index in [2.05, 4.69) is 20.6 Å². The zero-order valence-electron chi connectivity index (χ0n) is 16.8. The molecule has 10 heteroatoms. The predicted molar refractivity (Wildman–Crippen MR) is 111 cm³/mol. The first-order valence-electron chi connectivity index (χ1n) is 9.63. The number of nitrogens with two attached hydrogens (primary N) is 1. The summed E-state index contributed by atoms with van der Waals surface area (Å²) in [6.07, 6.45) is -0.0446.